The normalized spacial score (nSPS) is 9.67. The molecule has 0 aliphatic heterocycles. The fourth-order valence-electron chi connectivity index (χ4n) is 1.46. The van der Waals surface area contributed by atoms with E-state index in [1.807, 2.05) is 13.8 Å². The third kappa shape index (κ3) is 2.82. The summed E-state index contributed by atoms with van der Waals surface area (Å²) < 4.78 is 2.25. The van der Waals surface area contributed by atoms with Crippen molar-refractivity contribution in [2.75, 3.05) is 0 Å². The Labute approximate surface area is 108 Å². The Morgan fingerprint density at radius 3 is 2.27 bits per heavy atom. The monoisotopic (exact) mass is 328 g/mol. The molecule has 0 aliphatic rings. The molecule has 0 aromatic heterocycles. The van der Waals surface area contributed by atoms with Crippen molar-refractivity contribution in [3.8, 4) is 0 Å². The summed E-state index contributed by atoms with van der Waals surface area (Å²) in [7, 11) is 0. The van der Waals surface area contributed by atoms with Gasteiger partial charge < -0.3 is 0 Å². The van der Waals surface area contributed by atoms with Crippen molar-refractivity contribution >= 4 is 42.6 Å². The van der Waals surface area contributed by atoms with Gasteiger partial charge in [0.1, 0.15) is 0 Å². The number of rotatable bonds is 0. The minimum atomic E-state index is 1.11. The second-order valence-corrected chi connectivity index (χ2v) is 4.83. The minimum absolute atomic E-state index is 1.11. The predicted molar refractivity (Wildman–Crippen MR) is 75.4 cm³/mol. The molecular weight excluding hydrogens is 316 g/mol. The van der Waals surface area contributed by atoms with E-state index in [2.05, 4.69) is 69.1 Å². The van der Waals surface area contributed by atoms with E-state index >= 15 is 0 Å². The van der Waals surface area contributed by atoms with E-state index in [0.717, 1.165) is 8.95 Å². The van der Waals surface area contributed by atoms with Crippen LogP contribution in [0.25, 0.3) is 10.8 Å². The van der Waals surface area contributed by atoms with Crippen LogP contribution < -0.4 is 0 Å². The van der Waals surface area contributed by atoms with Crippen molar-refractivity contribution in [3.05, 3.63) is 44.8 Å². The zero-order valence-corrected chi connectivity index (χ0v) is 12.3. The Morgan fingerprint density at radius 1 is 0.933 bits per heavy atom. The summed E-state index contributed by atoms with van der Waals surface area (Å²) in [5.74, 6) is 0. The maximum Gasteiger partial charge on any atom is 0.0265 e. The average molecular weight is 330 g/mol. The van der Waals surface area contributed by atoms with E-state index < -0.39 is 0 Å². The predicted octanol–water partition coefficient (Wildman–Crippen LogP) is 5.70. The average Bonchev–Trinajstić information content (AvgIpc) is 2.23. The Morgan fingerprint density at radius 2 is 1.60 bits per heavy atom. The maximum absolute atomic E-state index is 3.55. The molecule has 0 bridgehead atoms. The van der Waals surface area contributed by atoms with Crippen molar-refractivity contribution < 1.29 is 0 Å². The molecule has 15 heavy (non-hydrogen) atoms. The lowest BCUT2D eigenvalue weighted by atomic mass is 10.1. The van der Waals surface area contributed by atoms with Crippen LogP contribution in [0.15, 0.2) is 39.3 Å². The van der Waals surface area contributed by atoms with Crippen LogP contribution in [-0.2, 0) is 0 Å². The molecule has 80 valence electrons. The van der Waals surface area contributed by atoms with Crippen LogP contribution in [-0.4, -0.2) is 0 Å². The van der Waals surface area contributed by atoms with Crippen molar-refractivity contribution in [2.24, 2.45) is 0 Å². The van der Waals surface area contributed by atoms with Gasteiger partial charge in [0, 0.05) is 8.95 Å². The van der Waals surface area contributed by atoms with Gasteiger partial charge in [0.2, 0.25) is 0 Å². The highest BCUT2D eigenvalue weighted by atomic mass is 79.9. The molecule has 0 radical (unpaired) electrons. The van der Waals surface area contributed by atoms with Gasteiger partial charge in [-0.15, -0.1) is 0 Å². The second-order valence-electron chi connectivity index (χ2n) is 3.06. The zero-order valence-electron chi connectivity index (χ0n) is 9.14. The summed E-state index contributed by atoms with van der Waals surface area (Å²) in [5, 5.41) is 2.56. The van der Waals surface area contributed by atoms with Crippen molar-refractivity contribution in [3.63, 3.8) is 0 Å². The van der Waals surface area contributed by atoms with Gasteiger partial charge in [-0.05, 0) is 35.4 Å². The highest BCUT2D eigenvalue weighted by Crippen LogP contribution is 2.29. The highest BCUT2D eigenvalue weighted by Gasteiger charge is 2.01. The largest absolute Gasteiger partial charge is 0.0683 e. The van der Waals surface area contributed by atoms with Gasteiger partial charge in [0.05, 0.1) is 0 Å². The first-order valence-corrected chi connectivity index (χ1v) is 6.61. The molecule has 0 aliphatic carbocycles. The summed E-state index contributed by atoms with van der Waals surface area (Å²) in [6.45, 7) is 6.13. The lowest BCUT2D eigenvalue weighted by Gasteiger charge is -2.04. The van der Waals surface area contributed by atoms with E-state index in [1.165, 1.54) is 16.3 Å². The molecule has 0 spiro atoms. The number of hydrogen-bond acceptors (Lipinski definition) is 0. The van der Waals surface area contributed by atoms with Crippen molar-refractivity contribution in [2.45, 2.75) is 20.8 Å². The molecule has 2 aromatic carbocycles. The number of benzene rings is 2. The summed E-state index contributed by atoms with van der Waals surface area (Å²) in [6.07, 6.45) is 0. The Kier molecular flexibility index (Phi) is 4.81. The molecular formula is C13H14Br2. The van der Waals surface area contributed by atoms with Crippen LogP contribution >= 0.6 is 31.9 Å². The lowest BCUT2D eigenvalue weighted by molar-refractivity contribution is 1.50. The summed E-state index contributed by atoms with van der Waals surface area (Å²) in [6, 6.07) is 10.5. The molecule has 2 aromatic rings. The molecule has 0 atom stereocenters. The first-order chi connectivity index (χ1) is 7.18. The molecule has 0 heterocycles. The van der Waals surface area contributed by atoms with Crippen LogP contribution in [0.4, 0.5) is 0 Å². The van der Waals surface area contributed by atoms with E-state index in [-0.39, 0.29) is 0 Å². The Bertz CT molecular complexity index is 461. The molecule has 0 fully saturated rings. The van der Waals surface area contributed by atoms with E-state index in [1.54, 1.807) is 0 Å². The number of fused-ring (bicyclic) bond motifs is 1. The minimum Gasteiger partial charge on any atom is -0.0683 e. The fourth-order valence-corrected chi connectivity index (χ4v) is 2.82. The molecule has 0 saturated heterocycles. The van der Waals surface area contributed by atoms with Crippen molar-refractivity contribution in [1.29, 1.82) is 0 Å². The van der Waals surface area contributed by atoms with Crippen LogP contribution in [0, 0.1) is 6.92 Å². The van der Waals surface area contributed by atoms with Gasteiger partial charge in [-0.2, -0.15) is 0 Å². The van der Waals surface area contributed by atoms with Gasteiger partial charge >= 0.3 is 0 Å². The topological polar surface area (TPSA) is 0 Å². The molecule has 2 rings (SSSR count). The van der Waals surface area contributed by atoms with E-state index in [9.17, 15) is 0 Å². The third-order valence-corrected chi connectivity index (χ3v) is 3.24. The molecule has 0 unspecified atom stereocenters. The van der Waals surface area contributed by atoms with Crippen LogP contribution in [0.5, 0.6) is 0 Å². The van der Waals surface area contributed by atoms with Gasteiger partial charge in [-0.3, -0.25) is 0 Å². The highest BCUT2D eigenvalue weighted by molar-refractivity contribution is 9.11. The third-order valence-electron chi connectivity index (χ3n) is 2.13. The zero-order chi connectivity index (χ0) is 11.4. The molecule has 0 amide bonds. The molecule has 0 saturated carbocycles. The first kappa shape index (κ1) is 12.7. The van der Waals surface area contributed by atoms with Gasteiger partial charge in [-0.1, -0.05) is 63.9 Å². The maximum atomic E-state index is 3.55. The standard InChI is InChI=1S/C11H8Br2.C2H6/c1-7-3-2-4-9-10(7)5-8(12)6-11(9)13;1-2/h2-6H,1H3;1-2H3. The Hall–Kier alpha value is -0.340. The van der Waals surface area contributed by atoms with Crippen molar-refractivity contribution in [1.82, 2.24) is 0 Å². The number of halogens is 2. The fraction of sp³-hybridized carbons (Fsp3) is 0.231. The number of hydrogen-bond donors (Lipinski definition) is 0. The molecule has 0 nitrogen and oxygen atoms in total. The lowest BCUT2D eigenvalue weighted by Crippen LogP contribution is -1.79. The Balaban J connectivity index is 0.000000531. The van der Waals surface area contributed by atoms with Gasteiger partial charge in [0.15, 0.2) is 0 Å². The quantitative estimate of drug-likeness (QED) is 0.581. The summed E-state index contributed by atoms with van der Waals surface area (Å²) >= 11 is 7.04. The summed E-state index contributed by atoms with van der Waals surface area (Å²) in [5.41, 5.74) is 1.31. The molecule has 0 N–H and O–H groups in total. The second kappa shape index (κ2) is 5.66. The van der Waals surface area contributed by atoms with Crippen LogP contribution in [0.2, 0.25) is 0 Å². The van der Waals surface area contributed by atoms with Gasteiger partial charge in [-0.25, -0.2) is 0 Å². The van der Waals surface area contributed by atoms with Crippen LogP contribution in [0.1, 0.15) is 19.4 Å². The summed E-state index contributed by atoms with van der Waals surface area (Å²) in [4.78, 5) is 0. The van der Waals surface area contributed by atoms with Gasteiger partial charge in [0.25, 0.3) is 0 Å². The number of aryl methyl sites for hydroxylation is 1. The van der Waals surface area contributed by atoms with Crippen LogP contribution in [0.3, 0.4) is 0 Å². The van der Waals surface area contributed by atoms with E-state index in [0.29, 0.717) is 0 Å². The SMILES string of the molecule is CC.Cc1cccc2c(Br)cc(Br)cc12. The first-order valence-electron chi connectivity index (χ1n) is 5.03. The van der Waals surface area contributed by atoms with E-state index in [4.69, 9.17) is 0 Å². The smallest absolute Gasteiger partial charge is 0.0265 e. The molecule has 2 heteroatoms.